The first-order valence-corrected chi connectivity index (χ1v) is 8.00. The fraction of sp³-hybridized carbons (Fsp3) is 0.611. The molecule has 1 aromatic heterocycles. The van der Waals surface area contributed by atoms with Gasteiger partial charge in [-0.15, -0.1) is 0 Å². The normalized spacial score (nSPS) is 14.6. The minimum atomic E-state index is -0.920. The van der Waals surface area contributed by atoms with E-state index in [4.69, 9.17) is 9.47 Å². The molecule has 6 nitrogen and oxygen atoms in total. The Morgan fingerprint density at radius 2 is 1.75 bits per heavy atom. The lowest BCUT2D eigenvalue weighted by Gasteiger charge is -2.32. The van der Waals surface area contributed by atoms with Crippen molar-refractivity contribution in [3.8, 4) is 0 Å². The molecule has 134 valence electrons. The van der Waals surface area contributed by atoms with Gasteiger partial charge in [0.2, 0.25) is 0 Å². The molecular formula is C18H28N2O4. The maximum absolute atomic E-state index is 12.5. The lowest BCUT2D eigenvalue weighted by Crippen LogP contribution is -2.52. The topological polar surface area (TPSA) is 77.5 Å². The van der Waals surface area contributed by atoms with Crippen LogP contribution in [0.1, 0.15) is 58.8 Å². The number of hydrogen-bond donors (Lipinski definition) is 1. The maximum atomic E-state index is 12.5. The molecule has 0 aromatic carbocycles. The zero-order valence-electron chi connectivity index (χ0n) is 15.5. The van der Waals surface area contributed by atoms with E-state index < -0.39 is 35.2 Å². The summed E-state index contributed by atoms with van der Waals surface area (Å²) in [5, 5.41) is 2.70. The first kappa shape index (κ1) is 20.1. The average Bonchev–Trinajstić information content (AvgIpc) is 2.41. The average molecular weight is 336 g/mol. The van der Waals surface area contributed by atoms with Gasteiger partial charge in [0.25, 0.3) is 5.91 Å². The molecule has 1 aromatic rings. The Morgan fingerprint density at radius 3 is 2.21 bits per heavy atom. The van der Waals surface area contributed by atoms with E-state index >= 15 is 0 Å². The number of hydrogen-bond acceptors (Lipinski definition) is 5. The molecule has 0 spiro atoms. The third kappa shape index (κ3) is 7.08. The summed E-state index contributed by atoms with van der Waals surface area (Å²) >= 11 is 0. The van der Waals surface area contributed by atoms with Crippen LogP contribution >= 0.6 is 0 Å². The molecular weight excluding hydrogens is 308 g/mol. The van der Waals surface area contributed by atoms with E-state index in [0.29, 0.717) is 5.56 Å². The number of nitrogens with one attached hydrogen (secondary N) is 1. The minimum absolute atomic E-state index is 0.369. The summed E-state index contributed by atoms with van der Waals surface area (Å²) in [5.74, 6) is -0.931. The summed E-state index contributed by atoms with van der Waals surface area (Å²) in [6, 6.07) is 2.37. The Kier molecular flexibility index (Phi) is 6.49. The van der Waals surface area contributed by atoms with Gasteiger partial charge in [0.1, 0.15) is 5.60 Å². The first-order chi connectivity index (χ1) is 10.9. The van der Waals surface area contributed by atoms with Crippen LogP contribution in [0.2, 0.25) is 0 Å². The van der Waals surface area contributed by atoms with Gasteiger partial charge in [-0.3, -0.25) is 9.78 Å². The van der Waals surface area contributed by atoms with Crippen molar-refractivity contribution in [1.29, 1.82) is 0 Å². The summed E-state index contributed by atoms with van der Waals surface area (Å²) in [5.41, 5.74) is -0.747. The van der Waals surface area contributed by atoms with E-state index in [1.807, 2.05) is 20.8 Å². The van der Waals surface area contributed by atoms with Gasteiger partial charge >= 0.3 is 5.97 Å². The molecule has 0 aliphatic rings. The molecule has 1 unspecified atom stereocenters. The molecule has 0 saturated carbocycles. The first-order valence-electron chi connectivity index (χ1n) is 8.00. The van der Waals surface area contributed by atoms with Crippen LogP contribution in [0, 0.1) is 0 Å². The van der Waals surface area contributed by atoms with Crippen LogP contribution in [-0.2, 0) is 14.3 Å². The van der Waals surface area contributed by atoms with E-state index in [-0.39, 0.29) is 0 Å². The quantitative estimate of drug-likeness (QED) is 0.837. The number of aromatic nitrogens is 1. The summed E-state index contributed by atoms with van der Waals surface area (Å²) in [4.78, 5) is 28.8. The maximum Gasteiger partial charge on any atom is 0.331 e. The SMILES string of the molecule is CC(OC(C)(C)C)[C@H](NC(=O)c1cccnc1)C(=O)OC(C)(C)C. The lowest BCUT2D eigenvalue weighted by atomic mass is 10.1. The van der Waals surface area contributed by atoms with Gasteiger partial charge in [0.15, 0.2) is 6.04 Å². The van der Waals surface area contributed by atoms with E-state index in [1.165, 1.54) is 6.20 Å². The molecule has 0 fully saturated rings. The fourth-order valence-electron chi connectivity index (χ4n) is 2.08. The second kappa shape index (κ2) is 7.75. The molecule has 1 heterocycles. The van der Waals surface area contributed by atoms with Gasteiger partial charge in [0.05, 0.1) is 17.3 Å². The van der Waals surface area contributed by atoms with Gasteiger partial charge in [0, 0.05) is 12.4 Å². The molecule has 0 aliphatic carbocycles. The second-order valence-corrected chi connectivity index (χ2v) is 7.66. The lowest BCUT2D eigenvalue weighted by molar-refractivity contribution is -0.164. The molecule has 0 aliphatic heterocycles. The molecule has 1 rings (SSSR count). The van der Waals surface area contributed by atoms with Gasteiger partial charge in [-0.1, -0.05) is 0 Å². The Morgan fingerprint density at radius 1 is 1.12 bits per heavy atom. The number of rotatable bonds is 5. The van der Waals surface area contributed by atoms with Crippen molar-refractivity contribution in [1.82, 2.24) is 10.3 Å². The van der Waals surface area contributed by atoms with Crippen molar-refractivity contribution in [2.75, 3.05) is 0 Å². The van der Waals surface area contributed by atoms with Gasteiger partial charge < -0.3 is 14.8 Å². The number of esters is 1. The van der Waals surface area contributed by atoms with Crippen LogP contribution < -0.4 is 5.32 Å². The van der Waals surface area contributed by atoms with E-state index in [1.54, 1.807) is 46.0 Å². The van der Waals surface area contributed by atoms with Gasteiger partial charge in [-0.25, -0.2) is 4.79 Å². The van der Waals surface area contributed by atoms with Crippen LogP contribution in [0.25, 0.3) is 0 Å². The van der Waals surface area contributed by atoms with Crippen molar-refractivity contribution >= 4 is 11.9 Å². The second-order valence-electron chi connectivity index (χ2n) is 7.66. The van der Waals surface area contributed by atoms with Gasteiger partial charge in [-0.05, 0) is 60.6 Å². The zero-order valence-corrected chi connectivity index (χ0v) is 15.5. The van der Waals surface area contributed by atoms with Crippen molar-refractivity contribution in [3.05, 3.63) is 30.1 Å². The largest absolute Gasteiger partial charge is 0.458 e. The van der Waals surface area contributed by atoms with Crippen molar-refractivity contribution in [2.45, 2.75) is 71.8 Å². The van der Waals surface area contributed by atoms with E-state index in [2.05, 4.69) is 10.3 Å². The fourth-order valence-corrected chi connectivity index (χ4v) is 2.08. The molecule has 6 heteroatoms. The van der Waals surface area contributed by atoms with Crippen LogP contribution in [0.4, 0.5) is 0 Å². The van der Waals surface area contributed by atoms with Crippen LogP contribution in [0.15, 0.2) is 24.5 Å². The Labute approximate surface area is 143 Å². The highest BCUT2D eigenvalue weighted by Crippen LogP contribution is 2.17. The van der Waals surface area contributed by atoms with Crippen molar-refractivity contribution in [3.63, 3.8) is 0 Å². The highest BCUT2D eigenvalue weighted by molar-refractivity contribution is 5.96. The van der Waals surface area contributed by atoms with E-state index in [0.717, 1.165) is 0 Å². The number of pyridine rings is 1. The standard InChI is InChI=1S/C18H28N2O4/c1-12(23-17(2,3)4)14(16(22)24-18(5,6)7)20-15(21)13-9-8-10-19-11-13/h8-12,14H,1-7H3,(H,20,21)/t12?,14-/m0/s1. The Bertz CT molecular complexity index is 559. The predicted molar refractivity (Wildman–Crippen MR) is 91.6 cm³/mol. The Balaban J connectivity index is 2.96. The number of amides is 1. The summed E-state index contributed by atoms with van der Waals surface area (Å²) in [6.45, 7) is 12.7. The third-order valence-electron chi connectivity index (χ3n) is 2.88. The Hall–Kier alpha value is -1.95. The summed E-state index contributed by atoms with van der Waals surface area (Å²) in [6.07, 6.45) is 2.46. The van der Waals surface area contributed by atoms with Crippen molar-refractivity contribution in [2.24, 2.45) is 0 Å². The molecule has 0 saturated heterocycles. The molecule has 0 radical (unpaired) electrons. The van der Waals surface area contributed by atoms with Crippen LogP contribution in [-0.4, -0.2) is 40.2 Å². The summed E-state index contributed by atoms with van der Waals surface area (Å²) in [7, 11) is 0. The highest BCUT2D eigenvalue weighted by atomic mass is 16.6. The highest BCUT2D eigenvalue weighted by Gasteiger charge is 2.34. The molecule has 1 amide bonds. The minimum Gasteiger partial charge on any atom is -0.458 e. The number of ether oxygens (including phenoxy) is 2. The summed E-state index contributed by atoms with van der Waals surface area (Å²) < 4.78 is 11.3. The smallest absolute Gasteiger partial charge is 0.331 e. The van der Waals surface area contributed by atoms with Crippen LogP contribution in [0.5, 0.6) is 0 Å². The number of carbonyl (C=O) groups is 2. The molecule has 2 atom stereocenters. The molecule has 24 heavy (non-hydrogen) atoms. The molecule has 0 bridgehead atoms. The predicted octanol–water partition coefficient (Wildman–Crippen LogP) is 2.73. The number of nitrogens with zero attached hydrogens (tertiary/aromatic N) is 1. The monoisotopic (exact) mass is 336 g/mol. The third-order valence-corrected chi connectivity index (χ3v) is 2.88. The van der Waals surface area contributed by atoms with Crippen LogP contribution in [0.3, 0.4) is 0 Å². The van der Waals surface area contributed by atoms with Gasteiger partial charge in [-0.2, -0.15) is 0 Å². The van der Waals surface area contributed by atoms with E-state index in [9.17, 15) is 9.59 Å². The zero-order chi connectivity index (χ0) is 18.5. The van der Waals surface area contributed by atoms with Crippen molar-refractivity contribution < 1.29 is 19.1 Å². The molecule has 1 N–H and O–H groups in total. The number of carbonyl (C=O) groups excluding carboxylic acids is 2.